The van der Waals surface area contributed by atoms with Gasteiger partial charge >= 0.3 is 6.03 Å². The van der Waals surface area contributed by atoms with Crippen LogP contribution in [0.5, 0.6) is 0 Å². The van der Waals surface area contributed by atoms with Gasteiger partial charge in [-0.15, -0.1) is 0 Å². The number of hydrogen-bond donors (Lipinski definition) is 2. The van der Waals surface area contributed by atoms with Crippen LogP contribution in [0.3, 0.4) is 0 Å². The highest BCUT2D eigenvalue weighted by atomic mass is 19.2. The lowest BCUT2D eigenvalue weighted by Crippen LogP contribution is -2.51. The maximum Gasteiger partial charge on any atom is 0.322 e. The van der Waals surface area contributed by atoms with Gasteiger partial charge in [0, 0.05) is 17.2 Å². The summed E-state index contributed by atoms with van der Waals surface area (Å²) in [6, 6.07) is 2.62. The fourth-order valence-electron chi connectivity index (χ4n) is 3.01. The van der Waals surface area contributed by atoms with E-state index in [-0.39, 0.29) is 23.4 Å². The molecule has 0 aliphatic carbocycles. The third-order valence-corrected chi connectivity index (χ3v) is 4.66. The summed E-state index contributed by atoms with van der Waals surface area (Å²) in [6.45, 7) is 2.60. The first-order chi connectivity index (χ1) is 13.2. The first kappa shape index (κ1) is 19.7. The maximum atomic E-state index is 14.0. The minimum Gasteiger partial charge on any atom is -0.348 e. The number of anilines is 1. The van der Waals surface area contributed by atoms with Crippen LogP contribution in [0.4, 0.5) is 28.0 Å². The summed E-state index contributed by atoms with van der Waals surface area (Å²) in [5.74, 6) is -4.36. The molecular formula is C19H17F4N3O2. The lowest BCUT2D eigenvalue weighted by Gasteiger charge is -2.34. The van der Waals surface area contributed by atoms with E-state index in [1.165, 1.54) is 26.0 Å². The van der Waals surface area contributed by atoms with E-state index in [1.54, 1.807) is 0 Å². The fraction of sp³-hybridized carbons (Fsp3) is 0.263. The molecule has 2 N–H and O–H groups in total. The van der Waals surface area contributed by atoms with Crippen molar-refractivity contribution in [3.8, 4) is 0 Å². The number of amides is 3. The van der Waals surface area contributed by atoms with Gasteiger partial charge in [-0.25, -0.2) is 22.4 Å². The maximum absolute atomic E-state index is 14.0. The molecule has 28 heavy (non-hydrogen) atoms. The van der Waals surface area contributed by atoms with Gasteiger partial charge < -0.3 is 15.5 Å². The van der Waals surface area contributed by atoms with Crippen LogP contribution in [0.2, 0.25) is 0 Å². The quantitative estimate of drug-likeness (QED) is 0.773. The Balaban J connectivity index is 1.75. The summed E-state index contributed by atoms with van der Waals surface area (Å²) in [4.78, 5) is 25.8. The second kappa shape index (κ2) is 7.49. The number of urea groups is 1. The first-order valence-electron chi connectivity index (χ1n) is 8.49. The van der Waals surface area contributed by atoms with Gasteiger partial charge in [-0.1, -0.05) is 6.07 Å². The van der Waals surface area contributed by atoms with Crippen LogP contribution in [0.25, 0.3) is 0 Å². The molecule has 1 aliphatic heterocycles. The summed E-state index contributed by atoms with van der Waals surface area (Å²) < 4.78 is 54.4. The van der Waals surface area contributed by atoms with Gasteiger partial charge in [-0.2, -0.15) is 0 Å². The molecule has 9 heteroatoms. The number of fused-ring (bicyclic) bond motifs is 1. The van der Waals surface area contributed by atoms with Gasteiger partial charge in [0.05, 0.1) is 18.3 Å². The van der Waals surface area contributed by atoms with Crippen molar-refractivity contribution in [2.75, 3.05) is 5.32 Å². The number of halogens is 4. The fourth-order valence-corrected chi connectivity index (χ4v) is 3.01. The molecule has 0 saturated heterocycles. The van der Waals surface area contributed by atoms with Crippen molar-refractivity contribution in [3.63, 3.8) is 0 Å². The highest BCUT2D eigenvalue weighted by molar-refractivity contribution is 5.96. The van der Waals surface area contributed by atoms with Gasteiger partial charge in [0.2, 0.25) is 5.91 Å². The molecule has 0 aromatic heterocycles. The Hall–Kier alpha value is -3.10. The minimum atomic E-state index is -1.10. The van der Waals surface area contributed by atoms with E-state index >= 15 is 0 Å². The predicted molar refractivity (Wildman–Crippen MR) is 93.3 cm³/mol. The van der Waals surface area contributed by atoms with Gasteiger partial charge in [-0.05, 0) is 32.0 Å². The van der Waals surface area contributed by atoms with Crippen molar-refractivity contribution in [1.29, 1.82) is 0 Å². The molecule has 0 radical (unpaired) electrons. The molecule has 1 heterocycles. The van der Waals surface area contributed by atoms with Crippen molar-refractivity contribution in [2.45, 2.75) is 32.5 Å². The van der Waals surface area contributed by atoms with Gasteiger partial charge in [0.25, 0.3) is 0 Å². The van der Waals surface area contributed by atoms with E-state index in [0.717, 1.165) is 17.0 Å². The highest BCUT2D eigenvalue weighted by Crippen LogP contribution is 2.28. The first-order valence-corrected chi connectivity index (χ1v) is 8.49. The normalized spacial score (nSPS) is 15.5. The van der Waals surface area contributed by atoms with Crippen molar-refractivity contribution in [3.05, 3.63) is 64.7 Å². The molecule has 2 aromatic carbocycles. The zero-order chi connectivity index (χ0) is 20.6. The van der Waals surface area contributed by atoms with Crippen molar-refractivity contribution < 1.29 is 27.2 Å². The Morgan fingerprint density at radius 2 is 1.82 bits per heavy atom. The zero-order valence-electron chi connectivity index (χ0n) is 15.0. The summed E-state index contributed by atoms with van der Waals surface area (Å²) in [7, 11) is 0. The highest BCUT2D eigenvalue weighted by Gasteiger charge is 2.33. The molecular weight excluding hydrogens is 378 g/mol. The zero-order valence-corrected chi connectivity index (χ0v) is 15.0. The molecule has 3 rings (SSSR count). The molecule has 0 spiro atoms. The second-order valence-electron chi connectivity index (χ2n) is 6.52. The lowest BCUT2D eigenvalue weighted by molar-refractivity contribution is -0.125. The van der Waals surface area contributed by atoms with Crippen molar-refractivity contribution in [1.82, 2.24) is 10.2 Å². The number of rotatable bonds is 4. The van der Waals surface area contributed by atoms with E-state index in [2.05, 4.69) is 10.6 Å². The van der Waals surface area contributed by atoms with E-state index in [0.29, 0.717) is 6.07 Å². The van der Waals surface area contributed by atoms with Crippen LogP contribution in [0.1, 0.15) is 31.0 Å². The third kappa shape index (κ3) is 3.64. The molecule has 1 aliphatic rings. The molecule has 3 amide bonds. The van der Waals surface area contributed by atoms with E-state index < -0.39 is 47.3 Å². The third-order valence-electron chi connectivity index (χ3n) is 4.66. The van der Waals surface area contributed by atoms with Crippen LogP contribution in [0, 0.1) is 23.3 Å². The van der Waals surface area contributed by atoms with Crippen LogP contribution in [-0.2, 0) is 11.3 Å². The van der Waals surface area contributed by atoms with Crippen LogP contribution >= 0.6 is 0 Å². The topological polar surface area (TPSA) is 61.4 Å². The monoisotopic (exact) mass is 395 g/mol. The summed E-state index contributed by atoms with van der Waals surface area (Å²) in [5.41, 5.74) is 0.134. The summed E-state index contributed by atoms with van der Waals surface area (Å²) in [6.07, 6.45) is 0. The van der Waals surface area contributed by atoms with E-state index in [1.807, 2.05) is 0 Å². The molecule has 148 valence electrons. The Labute approximate surface area is 158 Å². The molecule has 5 nitrogen and oxygen atoms in total. The average molecular weight is 395 g/mol. The summed E-state index contributed by atoms with van der Waals surface area (Å²) >= 11 is 0. The molecule has 0 unspecified atom stereocenters. The lowest BCUT2D eigenvalue weighted by atomic mass is 10.1. The Morgan fingerprint density at radius 1 is 1.11 bits per heavy atom. The molecule has 0 bridgehead atoms. The van der Waals surface area contributed by atoms with Crippen LogP contribution in [0.15, 0.2) is 30.3 Å². The smallest absolute Gasteiger partial charge is 0.322 e. The van der Waals surface area contributed by atoms with Crippen molar-refractivity contribution >= 4 is 17.6 Å². The average Bonchev–Trinajstić information content (AvgIpc) is 2.63. The number of carbonyl (C=O) groups excluding carboxylic acids is 2. The molecule has 0 saturated carbocycles. The SMILES string of the molecule is C[C@H](NC(=O)[C@H](C)N1Cc2c(ccc(F)c2F)NC1=O)c1ccc(F)cc1F. The van der Waals surface area contributed by atoms with Crippen molar-refractivity contribution in [2.24, 2.45) is 0 Å². The van der Waals surface area contributed by atoms with E-state index in [9.17, 15) is 27.2 Å². The van der Waals surface area contributed by atoms with Gasteiger partial charge in [-0.3, -0.25) is 4.79 Å². The Bertz CT molecular complexity index is 951. The van der Waals surface area contributed by atoms with Crippen LogP contribution in [-0.4, -0.2) is 22.9 Å². The van der Waals surface area contributed by atoms with Crippen LogP contribution < -0.4 is 10.6 Å². The predicted octanol–water partition coefficient (Wildman–Crippen LogP) is 3.86. The number of hydrogen-bond acceptors (Lipinski definition) is 2. The number of nitrogens with zero attached hydrogens (tertiary/aromatic N) is 1. The second-order valence-corrected chi connectivity index (χ2v) is 6.52. The standard InChI is InChI=1S/C19H17F4N3O2/c1-9(12-4-3-11(20)7-15(12)22)24-18(27)10(2)26-8-13-16(25-19(26)28)6-5-14(21)17(13)23/h3-7,9-10H,8H2,1-2H3,(H,24,27)(H,25,28)/t9-,10-/m0/s1. The molecule has 2 aromatic rings. The van der Waals surface area contributed by atoms with Gasteiger partial charge in [0.15, 0.2) is 11.6 Å². The number of carbonyl (C=O) groups is 2. The van der Waals surface area contributed by atoms with E-state index in [4.69, 9.17) is 0 Å². The molecule has 0 fully saturated rings. The minimum absolute atomic E-state index is 0.0723. The molecule has 2 atom stereocenters. The number of benzene rings is 2. The Kier molecular flexibility index (Phi) is 5.26. The Morgan fingerprint density at radius 3 is 2.50 bits per heavy atom. The van der Waals surface area contributed by atoms with Gasteiger partial charge in [0.1, 0.15) is 17.7 Å². The number of nitrogens with one attached hydrogen (secondary N) is 2. The summed E-state index contributed by atoms with van der Waals surface area (Å²) in [5, 5.41) is 4.95. The largest absolute Gasteiger partial charge is 0.348 e.